The predicted octanol–water partition coefficient (Wildman–Crippen LogP) is 2.67. The molecule has 1 aromatic rings. The summed E-state index contributed by atoms with van der Waals surface area (Å²) in [7, 11) is 0. The van der Waals surface area contributed by atoms with Crippen LogP contribution in [0.4, 0.5) is 5.69 Å². The third-order valence-electron chi connectivity index (χ3n) is 3.92. The second kappa shape index (κ2) is 7.82. The van der Waals surface area contributed by atoms with Crippen LogP contribution in [0.25, 0.3) is 0 Å². The number of carbonyl (C=O) groups excluding carboxylic acids is 2. The molecule has 0 aromatic heterocycles. The van der Waals surface area contributed by atoms with Crippen LogP contribution in [0.5, 0.6) is 5.75 Å². The SMILES string of the molecule is CCCOc1ccccc1NC(=O)C1CCN(C(C)=O)CC1. The molecule has 2 rings (SSSR count). The lowest BCUT2D eigenvalue weighted by molar-refractivity contribution is -0.132. The first kappa shape index (κ1) is 16.3. The molecule has 0 spiro atoms. The Bertz CT molecular complexity index is 522. The lowest BCUT2D eigenvalue weighted by Crippen LogP contribution is -2.40. The second-order valence-electron chi connectivity index (χ2n) is 5.61. The van der Waals surface area contributed by atoms with Crippen LogP contribution >= 0.6 is 0 Å². The molecule has 5 heteroatoms. The highest BCUT2D eigenvalue weighted by Crippen LogP contribution is 2.26. The van der Waals surface area contributed by atoms with E-state index in [1.54, 1.807) is 11.8 Å². The Kier molecular flexibility index (Phi) is 5.81. The number of amides is 2. The van der Waals surface area contributed by atoms with E-state index in [-0.39, 0.29) is 17.7 Å². The van der Waals surface area contributed by atoms with Crippen molar-refractivity contribution in [2.75, 3.05) is 25.0 Å². The van der Waals surface area contributed by atoms with E-state index in [1.807, 2.05) is 31.2 Å². The molecule has 0 unspecified atom stereocenters. The summed E-state index contributed by atoms with van der Waals surface area (Å²) < 4.78 is 5.66. The van der Waals surface area contributed by atoms with Gasteiger partial charge in [0, 0.05) is 25.9 Å². The quantitative estimate of drug-likeness (QED) is 0.910. The number of para-hydroxylation sites is 2. The Morgan fingerprint density at radius 2 is 1.95 bits per heavy atom. The Balaban J connectivity index is 1.94. The topological polar surface area (TPSA) is 58.6 Å². The molecule has 1 aliphatic heterocycles. The number of ether oxygens (including phenoxy) is 1. The monoisotopic (exact) mass is 304 g/mol. The van der Waals surface area contributed by atoms with Crippen LogP contribution in [-0.4, -0.2) is 36.4 Å². The van der Waals surface area contributed by atoms with Gasteiger partial charge in [-0.3, -0.25) is 9.59 Å². The van der Waals surface area contributed by atoms with Gasteiger partial charge in [-0.2, -0.15) is 0 Å². The molecule has 22 heavy (non-hydrogen) atoms. The second-order valence-corrected chi connectivity index (χ2v) is 5.61. The van der Waals surface area contributed by atoms with E-state index in [1.165, 1.54) is 0 Å². The maximum Gasteiger partial charge on any atom is 0.227 e. The number of nitrogens with one attached hydrogen (secondary N) is 1. The molecule has 0 radical (unpaired) electrons. The van der Waals surface area contributed by atoms with E-state index < -0.39 is 0 Å². The van der Waals surface area contributed by atoms with Crippen LogP contribution in [-0.2, 0) is 9.59 Å². The molecule has 5 nitrogen and oxygen atoms in total. The molecule has 120 valence electrons. The number of carbonyl (C=O) groups is 2. The number of hydrogen-bond donors (Lipinski definition) is 1. The van der Waals surface area contributed by atoms with Gasteiger partial charge in [0.1, 0.15) is 5.75 Å². The van der Waals surface area contributed by atoms with Gasteiger partial charge in [-0.1, -0.05) is 19.1 Å². The van der Waals surface area contributed by atoms with Gasteiger partial charge in [-0.25, -0.2) is 0 Å². The van der Waals surface area contributed by atoms with Crippen LogP contribution < -0.4 is 10.1 Å². The molecule has 1 saturated heterocycles. The molecule has 1 aromatic carbocycles. The fourth-order valence-corrected chi connectivity index (χ4v) is 2.60. The largest absolute Gasteiger partial charge is 0.491 e. The summed E-state index contributed by atoms with van der Waals surface area (Å²) in [6.07, 6.45) is 2.35. The number of hydrogen-bond acceptors (Lipinski definition) is 3. The maximum atomic E-state index is 12.4. The molecule has 0 bridgehead atoms. The van der Waals surface area contributed by atoms with Crippen molar-refractivity contribution in [1.29, 1.82) is 0 Å². The molecule has 2 amide bonds. The number of likely N-dealkylation sites (tertiary alicyclic amines) is 1. The van der Waals surface area contributed by atoms with E-state index in [9.17, 15) is 9.59 Å². The minimum absolute atomic E-state index is 0.00995. The zero-order valence-electron chi connectivity index (χ0n) is 13.3. The predicted molar refractivity (Wildman–Crippen MR) is 85.8 cm³/mol. The van der Waals surface area contributed by atoms with Crippen LogP contribution in [0.3, 0.4) is 0 Å². The summed E-state index contributed by atoms with van der Waals surface area (Å²) >= 11 is 0. The normalized spacial score (nSPS) is 15.5. The molecular formula is C17H24N2O3. The zero-order valence-corrected chi connectivity index (χ0v) is 13.3. The van der Waals surface area contributed by atoms with Crippen LogP contribution in [0.2, 0.25) is 0 Å². The van der Waals surface area contributed by atoms with Crippen molar-refractivity contribution in [3.05, 3.63) is 24.3 Å². The van der Waals surface area contributed by atoms with Crippen LogP contribution in [0, 0.1) is 5.92 Å². The third-order valence-corrected chi connectivity index (χ3v) is 3.92. The summed E-state index contributed by atoms with van der Waals surface area (Å²) in [4.78, 5) is 25.5. The van der Waals surface area contributed by atoms with Gasteiger partial charge in [0.2, 0.25) is 11.8 Å². The number of piperidine rings is 1. The Morgan fingerprint density at radius 1 is 1.27 bits per heavy atom. The van der Waals surface area contributed by atoms with Crippen molar-refractivity contribution in [2.24, 2.45) is 5.92 Å². The molecular weight excluding hydrogens is 280 g/mol. The minimum atomic E-state index is -0.0465. The Hall–Kier alpha value is -2.04. The lowest BCUT2D eigenvalue weighted by Gasteiger charge is -2.30. The van der Waals surface area contributed by atoms with Gasteiger partial charge < -0.3 is 15.0 Å². The van der Waals surface area contributed by atoms with Gasteiger partial charge in [-0.15, -0.1) is 0 Å². The summed E-state index contributed by atoms with van der Waals surface area (Å²) in [6, 6.07) is 7.50. The molecule has 1 heterocycles. The molecule has 0 saturated carbocycles. The van der Waals surface area contributed by atoms with Crippen molar-refractivity contribution < 1.29 is 14.3 Å². The average molecular weight is 304 g/mol. The van der Waals surface area contributed by atoms with Crippen LogP contribution in [0.1, 0.15) is 33.1 Å². The molecule has 1 N–H and O–H groups in total. The number of rotatable bonds is 5. The van der Waals surface area contributed by atoms with Gasteiger partial charge in [0.25, 0.3) is 0 Å². The summed E-state index contributed by atoms with van der Waals surface area (Å²) in [5.74, 6) is 0.752. The van der Waals surface area contributed by atoms with Gasteiger partial charge in [0.15, 0.2) is 0 Å². The van der Waals surface area contributed by atoms with E-state index in [0.717, 1.165) is 12.1 Å². The molecule has 1 fully saturated rings. The fourth-order valence-electron chi connectivity index (χ4n) is 2.60. The van der Waals surface area contributed by atoms with E-state index >= 15 is 0 Å². The van der Waals surface area contributed by atoms with Crippen molar-refractivity contribution >= 4 is 17.5 Å². The first-order chi connectivity index (χ1) is 10.6. The van der Waals surface area contributed by atoms with E-state index in [2.05, 4.69) is 5.32 Å². The smallest absolute Gasteiger partial charge is 0.227 e. The number of nitrogens with zero attached hydrogens (tertiary/aromatic N) is 1. The zero-order chi connectivity index (χ0) is 15.9. The molecule has 0 aliphatic carbocycles. The van der Waals surface area contributed by atoms with Gasteiger partial charge in [-0.05, 0) is 31.4 Å². The standard InChI is InChI=1S/C17H24N2O3/c1-3-12-22-16-7-5-4-6-15(16)18-17(21)14-8-10-19(11-9-14)13(2)20/h4-7,14H,3,8-12H2,1-2H3,(H,18,21). The van der Waals surface area contributed by atoms with Crippen LogP contribution in [0.15, 0.2) is 24.3 Å². The van der Waals surface area contributed by atoms with Gasteiger partial charge in [0.05, 0.1) is 12.3 Å². The maximum absolute atomic E-state index is 12.4. The lowest BCUT2D eigenvalue weighted by atomic mass is 9.96. The van der Waals surface area contributed by atoms with E-state index in [0.29, 0.717) is 38.3 Å². The third kappa shape index (κ3) is 4.23. The Morgan fingerprint density at radius 3 is 2.59 bits per heavy atom. The molecule has 0 atom stereocenters. The van der Waals surface area contributed by atoms with Crippen molar-refractivity contribution in [3.8, 4) is 5.75 Å². The fraction of sp³-hybridized carbons (Fsp3) is 0.529. The summed E-state index contributed by atoms with van der Waals surface area (Å²) in [5, 5.41) is 2.97. The first-order valence-electron chi connectivity index (χ1n) is 7.90. The molecule has 1 aliphatic rings. The highest BCUT2D eigenvalue weighted by Gasteiger charge is 2.26. The highest BCUT2D eigenvalue weighted by atomic mass is 16.5. The summed E-state index contributed by atoms with van der Waals surface area (Å²) in [6.45, 7) is 5.55. The Labute approximate surface area is 131 Å². The minimum Gasteiger partial charge on any atom is -0.491 e. The number of anilines is 1. The highest BCUT2D eigenvalue weighted by molar-refractivity contribution is 5.94. The summed E-state index contributed by atoms with van der Waals surface area (Å²) in [5.41, 5.74) is 0.718. The van der Waals surface area contributed by atoms with Crippen molar-refractivity contribution in [2.45, 2.75) is 33.1 Å². The van der Waals surface area contributed by atoms with E-state index in [4.69, 9.17) is 4.74 Å². The first-order valence-corrected chi connectivity index (χ1v) is 7.90. The number of benzene rings is 1. The van der Waals surface area contributed by atoms with Gasteiger partial charge >= 0.3 is 0 Å². The van der Waals surface area contributed by atoms with Crippen molar-refractivity contribution in [1.82, 2.24) is 4.90 Å². The average Bonchev–Trinajstić information content (AvgIpc) is 2.54. The van der Waals surface area contributed by atoms with Crippen molar-refractivity contribution in [3.63, 3.8) is 0 Å².